The second-order valence-electron chi connectivity index (χ2n) is 3.80. The largest absolute Gasteiger partial charge is 0.495 e. The monoisotopic (exact) mass is 273 g/mol. The number of carbonyl (C=O) groups is 1. The predicted molar refractivity (Wildman–Crippen MR) is 67.4 cm³/mol. The van der Waals surface area contributed by atoms with Crippen molar-refractivity contribution in [3.8, 4) is 5.75 Å². The number of methoxy groups -OCH3 is 1. The van der Waals surface area contributed by atoms with Crippen LogP contribution in [0, 0.1) is 0 Å². The Balaban J connectivity index is 2.98. The highest BCUT2D eigenvalue weighted by Gasteiger charge is 2.09. The molecule has 7 heteroatoms. The Hall–Kier alpha value is -1.76. The molecule has 0 unspecified atom stereocenters. The van der Waals surface area contributed by atoms with Crippen LogP contribution in [0.2, 0.25) is 0 Å². The number of hydrogen-bond donors (Lipinski definition) is 2. The van der Waals surface area contributed by atoms with Gasteiger partial charge in [0.2, 0.25) is 10.0 Å². The minimum absolute atomic E-state index is 0.00928. The Morgan fingerprint density at radius 1 is 1.44 bits per heavy atom. The van der Waals surface area contributed by atoms with Gasteiger partial charge in [-0.3, -0.25) is 9.52 Å². The zero-order valence-electron chi connectivity index (χ0n) is 10.1. The number of aryl methyl sites for hydroxylation is 1. The fraction of sp³-hybridized carbons (Fsp3) is 0.364. The highest BCUT2D eigenvalue weighted by molar-refractivity contribution is 7.92. The molecular formula is C11H15NO5S. The van der Waals surface area contributed by atoms with Crippen LogP contribution in [0.3, 0.4) is 0 Å². The highest BCUT2D eigenvalue weighted by atomic mass is 32.2. The molecule has 0 atom stereocenters. The average Bonchev–Trinajstić information content (AvgIpc) is 2.24. The maximum Gasteiger partial charge on any atom is 0.303 e. The summed E-state index contributed by atoms with van der Waals surface area (Å²) in [5, 5.41) is 8.60. The van der Waals surface area contributed by atoms with Crippen LogP contribution in [0.4, 0.5) is 5.69 Å². The molecule has 0 radical (unpaired) electrons. The number of rotatable bonds is 6. The Kier molecular flexibility index (Phi) is 4.55. The second kappa shape index (κ2) is 5.72. The Morgan fingerprint density at radius 3 is 2.61 bits per heavy atom. The van der Waals surface area contributed by atoms with Crippen molar-refractivity contribution in [2.45, 2.75) is 12.8 Å². The van der Waals surface area contributed by atoms with Gasteiger partial charge < -0.3 is 9.84 Å². The molecule has 0 aliphatic carbocycles. The molecule has 0 aliphatic heterocycles. The molecule has 0 saturated heterocycles. The lowest BCUT2D eigenvalue weighted by Gasteiger charge is -2.11. The molecule has 0 amide bonds. The zero-order valence-corrected chi connectivity index (χ0v) is 11.0. The van der Waals surface area contributed by atoms with Gasteiger partial charge >= 0.3 is 5.97 Å². The van der Waals surface area contributed by atoms with Crippen LogP contribution >= 0.6 is 0 Å². The van der Waals surface area contributed by atoms with Crippen molar-refractivity contribution in [2.75, 3.05) is 18.1 Å². The summed E-state index contributed by atoms with van der Waals surface area (Å²) < 4.78 is 29.7. The van der Waals surface area contributed by atoms with Crippen LogP contribution in [0.15, 0.2) is 18.2 Å². The van der Waals surface area contributed by atoms with Crippen molar-refractivity contribution in [3.05, 3.63) is 23.8 Å². The number of nitrogens with one attached hydrogen (secondary N) is 1. The van der Waals surface area contributed by atoms with Gasteiger partial charge in [-0.2, -0.15) is 0 Å². The molecular weight excluding hydrogens is 258 g/mol. The first-order chi connectivity index (χ1) is 8.31. The predicted octanol–water partition coefficient (Wildman–Crippen LogP) is 1.08. The quantitative estimate of drug-likeness (QED) is 0.809. The third-order valence-electron chi connectivity index (χ3n) is 2.19. The van der Waals surface area contributed by atoms with Gasteiger partial charge in [0, 0.05) is 6.42 Å². The minimum atomic E-state index is -3.40. The topological polar surface area (TPSA) is 92.7 Å². The Morgan fingerprint density at radius 2 is 2.11 bits per heavy atom. The smallest absolute Gasteiger partial charge is 0.303 e. The molecule has 1 aromatic rings. The number of aliphatic carboxylic acids is 1. The fourth-order valence-electron chi connectivity index (χ4n) is 1.44. The second-order valence-corrected chi connectivity index (χ2v) is 5.55. The molecule has 0 aliphatic rings. The molecule has 1 rings (SSSR count). The highest BCUT2D eigenvalue weighted by Crippen LogP contribution is 2.26. The number of carboxylic acids is 1. The van der Waals surface area contributed by atoms with Crippen LogP contribution in [-0.2, 0) is 21.2 Å². The third kappa shape index (κ3) is 4.62. The summed E-state index contributed by atoms with van der Waals surface area (Å²) in [7, 11) is -1.97. The van der Waals surface area contributed by atoms with Crippen molar-refractivity contribution in [1.29, 1.82) is 0 Å². The van der Waals surface area contributed by atoms with E-state index in [9.17, 15) is 13.2 Å². The molecule has 6 nitrogen and oxygen atoms in total. The van der Waals surface area contributed by atoms with Gasteiger partial charge in [0.1, 0.15) is 5.75 Å². The molecule has 0 saturated carbocycles. The first kappa shape index (κ1) is 14.3. The van der Waals surface area contributed by atoms with E-state index < -0.39 is 16.0 Å². The summed E-state index contributed by atoms with van der Waals surface area (Å²) >= 11 is 0. The lowest BCUT2D eigenvalue weighted by atomic mass is 10.1. The van der Waals surface area contributed by atoms with Crippen molar-refractivity contribution in [1.82, 2.24) is 0 Å². The molecule has 0 spiro atoms. The number of anilines is 1. The van der Waals surface area contributed by atoms with Gasteiger partial charge in [-0.05, 0) is 24.1 Å². The lowest BCUT2D eigenvalue weighted by molar-refractivity contribution is -0.136. The van der Waals surface area contributed by atoms with Gasteiger partial charge in [-0.1, -0.05) is 6.07 Å². The fourth-order valence-corrected chi connectivity index (χ4v) is 2.00. The summed E-state index contributed by atoms with van der Waals surface area (Å²) in [6.07, 6.45) is 1.36. The summed E-state index contributed by atoms with van der Waals surface area (Å²) in [4.78, 5) is 10.5. The molecule has 1 aromatic carbocycles. The molecule has 2 N–H and O–H groups in total. The molecule has 0 aromatic heterocycles. The van der Waals surface area contributed by atoms with E-state index in [-0.39, 0.29) is 6.42 Å². The Labute approximate surface area is 106 Å². The third-order valence-corrected chi connectivity index (χ3v) is 2.78. The first-order valence-corrected chi connectivity index (χ1v) is 7.07. The minimum Gasteiger partial charge on any atom is -0.495 e. The average molecular weight is 273 g/mol. The van der Waals surface area contributed by atoms with E-state index in [1.807, 2.05) is 0 Å². The number of ether oxygens (including phenoxy) is 1. The van der Waals surface area contributed by atoms with Gasteiger partial charge in [0.05, 0.1) is 19.1 Å². The van der Waals surface area contributed by atoms with E-state index in [0.717, 1.165) is 11.8 Å². The van der Waals surface area contributed by atoms with E-state index >= 15 is 0 Å². The van der Waals surface area contributed by atoms with Crippen molar-refractivity contribution in [3.63, 3.8) is 0 Å². The molecule has 0 bridgehead atoms. The number of hydrogen-bond acceptors (Lipinski definition) is 4. The van der Waals surface area contributed by atoms with Gasteiger partial charge in [-0.25, -0.2) is 8.42 Å². The molecule has 100 valence electrons. The number of carboxylic acid groups (broad SMARTS) is 1. The maximum absolute atomic E-state index is 11.2. The first-order valence-electron chi connectivity index (χ1n) is 5.18. The van der Waals surface area contributed by atoms with E-state index in [1.54, 1.807) is 18.2 Å². The van der Waals surface area contributed by atoms with Crippen LogP contribution < -0.4 is 9.46 Å². The molecule has 18 heavy (non-hydrogen) atoms. The van der Waals surface area contributed by atoms with E-state index in [0.29, 0.717) is 17.9 Å². The standard InChI is InChI=1S/C11H15NO5S/c1-17-10-5-3-8(4-6-11(13)14)7-9(10)12-18(2,15)16/h3,5,7,12H,4,6H2,1-2H3,(H,13,14). The van der Waals surface area contributed by atoms with Crippen LogP contribution in [0.1, 0.15) is 12.0 Å². The normalized spacial score (nSPS) is 11.0. The van der Waals surface area contributed by atoms with Crippen LogP contribution in [-0.4, -0.2) is 32.9 Å². The number of benzene rings is 1. The SMILES string of the molecule is COc1ccc(CCC(=O)O)cc1NS(C)(=O)=O. The zero-order chi connectivity index (χ0) is 13.8. The maximum atomic E-state index is 11.2. The van der Waals surface area contributed by atoms with E-state index in [4.69, 9.17) is 9.84 Å². The van der Waals surface area contributed by atoms with Gasteiger partial charge in [-0.15, -0.1) is 0 Å². The van der Waals surface area contributed by atoms with Gasteiger partial charge in [0.15, 0.2) is 0 Å². The van der Waals surface area contributed by atoms with Gasteiger partial charge in [0.25, 0.3) is 0 Å². The number of sulfonamides is 1. The van der Waals surface area contributed by atoms with Crippen LogP contribution in [0.25, 0.3) is 0 Å². The van der Waals surface area contributed by atoms with E-state index in [1.165, 1.54) is 7.11 Å². The summed E-state index contributed by atoms with van der Waals surface area (Å²) in [6, 6.07) is 4.88. The Bertz CT molecular complexity index is 538. The summed E-state index contributed by atoms with van der Waals surface area (Å²) in [5.74, 6) is -0.511. The summed E-state index contributed by atoms with van der Waals surface area (Å²) in [5.41, 5.74) is 1.03. The molecule has 0 heterocycles. The van der Waals surface area contributed by atoms with Crippen molar-refractivity contribution >= 4 is 21.7 Å². The lowest BCUT2D eigenvalue weighted by Crippen LogP contribution is -2.11. The summed E-state index contributed by atoms with van der Waals surface area (Å²) in [6.45, 7) is 0. The van der Waals surface area contributed by atoms with Crippen molar-refractivity contribution < 1.29 is 23.1 Å². The van der Waals surface area contributed by atoms with E-state index in [2.05, 4.69) is 4.72 Å². The van der Waals surface area contributed by atoms with Crippen molar-refractivity contribution in [2.24, 2.45) is 0 Å². The molecule has 0 fully saturated rings. The van der Waals surface area contributed by atoms with Crippen LogP contribution in [0.5, 0.6) is 5.75 Å².